The Hall–Kier alpha value is -1.67. The average Bonchev–Trinajstić information content (AvgIpc) is 3.20. The fraction of sp³-hybridized carbons (Fsp3) is 0.759. The molecule has 0 radical (unpaired) electrons. The molecular weight excluding hydrogens is 456 g/mol. The first kappa shape index (κ1) is 36.5. The summed E-state index contributed by atoms with van der Waals surface area (Å²) in [7, 11) is 0. The van der Waals surface area contributed by atoms with Gasteiger partial charge in [0.2, 0.25) is 12.2 Å². The van der Waals surface area contributed by atoms with Gasteiger partial charge in [-0.2, -0.15) is 0 Å². The van der Waals surface area contributed by atoms with Gasteiger partial charge in [-0.1, -0.05) is 52.3 Å². The zero-order valence-electron chi connectivity index (χ0n) is 24.8. The van der Waals surface area contributed by atoms with E-state index in [4.69, 9.17) is 14.2 Å². The van der Waals surface area contributed by atoms with Gasteiger partial charge < -0.3 is 24.4 Å². The van der Waals surface area contributed by atoms with Gasteiger partial charge in [0.15, 0.2) is 0 Å². The molecule has 3 heterocycles. The summed E-state index contributed by atoms with van der Waals surface area (Å²) in [6, 6.07) is 0.336. The molecule has 2 aliphatic heterocycles. The summed E-state index contributed by atoms with van der Waals surface area (Å²) in [6.07, 6.45) is 6.35. The van der Waals surface area contributed by atoms with Crippen LogP contribution in [0, 0.1) is 13.8 Å². The molecule has 3 atom stereocenters. The van der Waals surface area contributed by atoms with Gasteiger partial charge in [0.1, 0.15) is 0 Å². The highest BCUT2D eigenvalue weighted by Gasteiger charge is 2.31. The second-order valence-corrected chi connectivity index (χ2v) is 8.39. The lowest BCUT2D eigenvalue weighted by molar-refractivity contribution is -0.186. The Bertz CT molecular complexity index is 692. The summed E-state index contributed by atoms with van der Waals surface area (Å²) in [4.78, 5) is 0. The van der Waals surface area contributed by atoms with Crippen LogP contribution in [0.3, 0.4) is 0 Å². The van der Waals surface area contributed by atoms with E-state index in [1.165, 1.54) is 5.57 Å². The second kappa shape index (κ2) is 22.5. The van der Waals surface area contributed by atoms with Crippen LogP contribution in [-0.2, 0) is 9.47 Å². The van der Waals surface area contributed by atoms with Crippen LogP contribution in [0.25, 0.3) is 0 Å². The minimum atomic E-state index is -0.577. The SMILES string of the molecule is C/C=C\C.C=C(C)CC.CC.CC.Cc1c(OC2CC(O)CC(CO)O2)nn(C2CCOCC2)c1C. The predicted octanol–water partition coefficient (Wildman–Crippen LogP) is 6.70. The van der Waals surface area contributed by atoms with E-state index >= 15 is 0 Å². The second-order valence-electron chi connectivity index (χ2n) is 8.39. The molecule has 0 aromatic carbocycles. The number of aliphatic hydroxyl groups is 2. The molecule has 0 amide bonds. The Morgan fingerprint density at radius 2 is 1.64 bits per heavy atom. The lowest BCUT2D eigenvalue weighted by Crippen LogP contribution is -2.40. The van der Waals surface area contributed by atoms with Gasteiger partial charge in [-0.05, 0) is 53.9 Å². The molecule has 2 N–H and O–H groups in total. The third-order valence-electron chi connectivity index (χ3n) is 5.67. The molecule has 0 spiro atoms. The van der Waals surface area contributed by atoms with Crippen molar-refractivity contribution in [2.45, 2.75) is 126 Å². The Labute approximate surface area is 221 Å². The van der Waals surface area contributed by atoms with Crippen LogP contribution in [0.2, 0.25) is 0 Å². The van der Waals surface area contributed by atoms with Gasteiger partial charge in [-0.15, -0.1) is 11.7 Å². The predicted molar refractivity (Wildman–Crippen MR) is 151 cm³/mol. The van der Waals surface area contributed by atoms with Crippen molar-refractivity contribution < 1.29 is 24.4 Å². The van der Waals surface area contributed by atoms with E-state index in [0.29, 0.717) is 24.8 Å². The van der Waals surface area contributed by atoms with E-state index in [1.54, 1.807) is 0 Å². The molecule has 2 fully saturated rings. The number of aliphatic hydroxyl groups excluding tert-OH is 2. The number of ether oxygens (including phenoxy) is 3. The van der Waals surface area contributed by atoms with Gasteiger partial charge >= 0.3 is 0 Å². The first-order chi connectivity index (χ1) is 17.3. The first-order valence-electron chi connectivity index (χ1n) is 13.7. The van der Waals surface area contributed by atoms with Crippen molar-refractivity contribution in [3.05, 3.63) is 35.6 Å². The minimum absolute atomic E-state index is 0.120. The van der Waals surface area contributed by atoms with E-state index in [0.717, 1.165) is 43.7 Å². The van der Waals surface area contributed by atoms with Crippen molar-refractivity contribution in [2.24, 2.45) is 0 Å². The molecule has 36 heavy (non-hydrogen) atoms. The van der Waals surface area contributed by atoms with Crippen LogP contribution in [0.1, 0.15) is 105 Å². The minimum Gasteiger partial charge on any atom is -0.446 e. The van der Waals surface area contributed by atoms with Crippen molar-refractivity contribution in [1.29, 1.82) is 0 Å². The van der Waals surface area contributed by atoms with Gasteiger partial charge in [0, 0.05) is 37.3 Å². The molecule has 2 aliphatic rings. The Morgan fingerprint density at radius 1 is 1.11 bits per heavy atom. The number of aromatic nitrogens is 2. The molecule has 0 bridgehead atoms. The van der Waals surface area contributed by atoms with Crippen molar-refractivity contribution in [1.82, 2.24) is 9.78 Å². The smallest absolute Gasteiger partial charge is 0.238 e. The molecule has 3 unspecified atom stereocenters. The van der Waals surface area contributed by atoms with Crippen molar-refractivity contribution in [2.75, 3.05) is 19.8 Å². The van der Waals surface area contributed by atoms with Crippen LogP contribution in [0.5, 0.6) is 5.88 Å². The van der Waals surface area contributed by atoms with E-state index in [2.05, 4.69) is 18.6 Å². The van der Waals surface area contributed by atoms with E-state index in [1.807, 2.05) is 79.1 Å². The lowest BCUT2D eigenvalue weighted by Gasteiger charge is -2.31. The maximum Gasteiger partial charge on any atom is 0.238 e. The summed E-state index contributed by atoms with van der Waals surface area (Å²) in [5, 5.41) is 23.7. The molecule has 1 aromatic rings. The van der Waals surface area contributed by atoms with Gasteiger partial charge in [-0.25, -0.2) is 0 Å². The van der Waals surface area contributed by atoms with Crippen molar-refractivity contribution >= 4 is 0 Å². The largest absolute Gasteiger partial charge is 0.446 e. The standard InChI is InChI=1S/C16H26N2O5.C5H10.C4H8.2C2H6/c1-10-11(2)18(12-3-5-21-6-4-12)17-16(10)23-15-8-13(20)7-14(9-19)22-15;1-4-5(2)3;1-3-4-2;2*1-2/h12-15,19-20H,3-9H2,1-2H3;2,4H2,1,3H3;3-4H,1-2H3;2*1-2H3/b;;4-3-;;. The molecule has 0 saturated carbocycles. The van der Waals surface area contributed by atoms with E-state index in [-0.39, 0.29) is 12.7 Å². The van der Waals surface area contributed by atoms with Crippen molar-refractivity contribution in [3.8, 4) is 5.88 Å². The van der Waals surface area contributed by atoms with Gasteiger partial charge in [-0.3, -0.25) is 4.68 Å². The number of allylic oxidation sites excluding steroid dienone is 3. The van der Waals surface area contributed by atoms with Crippen LogP contribution in [-0.4, -0.2) is 58.3 Å². The quantitative estimate of drug-likeness (QED) is 0.427. The molecule has 7 heteroatoms. The number of hydrogen-bond acceptors (Lipinski definition) is 6. The maximum atomic E-state index is 9.88. The molecule has 1 aromatic heterocycles. The Kier molecular flexibility index (Phi) is 22.8. The van der Waals surface area contributed by atoms with Crippen LogP contribution in [0.15, 0.2) is 24.3 Å². The normalized spacial score (nSPS) is 21.4. The van der Waals surface area contributed by atoms with E-state index < -0.39 is 12.4 Å². The molecule has 212 valence electrons. The summed E-state index contributed by atoms with van der Waals surface area (Å²) in [5.74, 6) is 0.546. The Morgan fingerprint density at radius 3 is 2.08 bits per heavy atom. The topological polar surface area (TPSA) is 86.0 Å². The number of rotatable bonds is 5. The zero-order valence-corrected chi connectivity index (χ0v) is 24.8. The highest BCUT2D eigenvalue weighted by atomic mass is 16.7. The average molecular weight is 513 g/mol. The number of nitrogens with zero attached hydrogens (tertiary/aromatic N) is 2. The maximum absolute atomic E-state index is 9.88. The van der Waals surface area contributed by atoms with Gasteiger partial charge in [0.05, 0.1) is 24.9 Å². The summed E-state index contributed by atoms with van der Waals surface area (Å²) >= 11 is 0. The fourth-order valence-electron chi connectivity index (χ4n) is 3.24. The third kappa shape index (κ3) is 14.2. The molecule has 2 saturated heterocycles. The molecule has 3 rings (SSSR count). The summed E-state index contributed by atoms with van der Waals surface area (Å²) in [6.45, 7) is 25.2. The zero-order chi connectivity index (χ0) is 28.1. The summed E-state index contributed by atoms with van der Waals surface area (Å²) in [5.41, 5.74) is 3.33. The molecular formula is C29H56N2O5. The molecule has 7 nitrogen and oxygen atoms in total. The van der Waals surface area contributed by atoms with Crippen LogP contribution in [0.4, 0.5) is 0 Å². The third-order valence-corrected chi connectivity index (χ3v) is 5.67. The van der Waals surface area contributed by atoms with Crippen molar-refractivity contribution in [3.63, 3.8) is 0 Å². The van der Waals surface area contributed by atoms with Crippen LogP contribution >= 0.6 is 0 Å². The van der Waals surface area contributed by atoms with E-state index in [9.17, 15) is 10.2 Å². The first-order valence-corrected chi connectivity index (χ1v) is 13.7. The highest BCUT2D eigenvalue weighted by molar-refractivity contribution is 5.29. The fourth-order valence-corrected chi connectivity index (χ4v) is 3.24. The van der Waals surface area contributed by atoms with Gasteiger partial charge in [0.25, 0.3) is 0 Å². The monoisotopic (exact) mass is 512 g/mol. The molecule has 0 aliphatic carbocycles. The highest BCUT2D eigenvalue weighted by Crippen LogP contribution is 2.30. The summed E-state index contributed by atoms with van der Waals surface area (Å²) < 4.78 is 19.0. The lowest BCUT2D eigenvalue weighted by atomic mass is 10.1. The van der Waals surface area contributed by atoms with Crippen LogP contribution < -0.4 is 4.74 Å². The number of hydrogen-bond donors (Lipinski definition) is 2. The Balaban J connectivity index is 0.